The Hall–Kier alpha value is -4.84. The van der Waals surface area contributed by atoms with Gasteiger partial charge in [-0.3, -0.25) is 9.59 Å². The van der Waals surface area contributed by atoms with Gasteiger partial charge in [-0.25, -0.2) is 18.7 Å². The minimum absolute atomic E-state index is 0.00807. The molecule has 2 saturated heterocycles. The van der Waals surface area contributed by atoms with Gasteiger partial charge in [0.25, 0.3) is 11.8 Å². The van der Waals surface area contributed by atoms with Crippen molar-refractivity contribution in [1.29, 1.82) is 0 Å². The van der Waals surface area contributed by atoms with Crippen molar-refractivity contribution in [3.05, 3.63) is 77.5 Å². The van der Waals surface area contributed by atoms with Crippen LogP contribution in [0.2, 0.25) is 0 Å². The molecular formula is C37H37F2N7O3. The lowest BCUT2D eigenvalue weighted by Crippen LogP contribution is -2.51. The van der Waals surface area contributed by atoms with Crippen molar-refractivity contribution < 1.29 is 23.1 Å². The fraction of sp³-hybridized carbons (Fsp3) is 0.405. The second-order valence-electron chi connectivity index (χ2n) is 14.2. The number of amides is 2. The first-order valence-electron chi connectivity index (χ1n) is 17.1. The van der Waals surface area contributed by atoms with Crippen LogP contribution in [0.25, 0.3) is 33.6 Å². The number of halogens is 2. The van der Waals surface area contributed by atoms with E-state index in [4.69, 9.17) is 20.4 Å². The summed E-state index contributed by atoms with van der Waals surface area (Å²) in [5, 5.41) is 1.01. The molecule has 3 aromatic heterocycles. The number of hydrogen-bond acceptors (Lipinski definition) is 6. The number of hydrogen-bond donors (Lipinski definition) is 1. The van der Waals surface area contributed by atoms with E-state index in [2.05, 4.69) is 21.3 Å². The second kappa shape index (κ2) is 11.4. The minimum atomic E-state index is -1.13. The Morgan fingerprint density at radius 2 is 1.76 bits per heavy atom. The first-order chi connectivity index (χ1) is 23.8. The molecule has 0 spiro atoms. The number of ether oxygens (including phenoxy) is 1. The maximum absolute atomic E-state index is 14.5. The van der Waals surface area contributed by atoms with Crippen LogP contribution in [0.4, 0.5) is 8.78 Å². The number of nitrogens with two attached hydrogens (primary N) is 1. The van der Waals surface area contributed by atoms with E-state index in [0.29, 0.717) is 54.8 Å². The van der Waals surface area contributed by atoms with Gasteiger partial charge in [0.15, 0.2) is 17.5 Å². The molecule has 49 heavy (non-hydrogen) atoms. The van der Waals surface area contributed by atoms with Gasteiger partial charge in [-0.1, -0.05) is 6.07 Å². The van der Waals surface area contributed by atoms with Crippen molar-refractivity contribution in [3.8, 4) is 17.3 Å². The molecule has 2 unspecified atom stereocenters. The fourth-order valence-corrected chi connectivity index (χ4v) is 8.29. The molecule has 0 radical (unpaired) electrons. The van der Waals surface area contributed by atoms with E-state index in [1.807, 2.05) is 17.0 Å². The van der Waals surface area contributed by atoms with Crippen molar-refractivity contribution in [2.24, 2.45) is 23.5 Å². The Bertz CT molecular complexity index is 2150. The molecule has 5 heterocycles. The van der Waals surface area contributed by atoms with E-state index >= 15 is 0 Å². The number of fused-ring (bicyclic) bond motifs is 4. The lowest BCUT2D eigenvalue weighted by atomic mass is 9.98. The van der Waals surface area contributed by atoms with Gasteiger partial charge < -0.3 is 29.4 Å². The zero-order chi connectivity index (χ0) is 33.6. The predicted molar refractivity (Wildman–Crippen MR) is 179 cm³/mol. The largest absolute Gasteiger partial charge is 0.494 e. The molecular weight excluding hydrogens is 628 g/mol. The van der Waals surface area contributed by atoms with Crippen molar-refractivity contribution in [2.75, 3.05) is 26.7 Å². The molecule has 2 N–H and O–H groups in total. The molecule has 3 atom stereocenters. The third-order valence-corrected chi connectivity index (χ3v) is 11.1. The van der Waals surface area contributed by atoms with E-state index < -0.39 is 17.5 Å². The molecule has 2 bridgehead atoms. The number of aromatic nitrogens is 4. The summed E-state index contributed by atoms with van der Waals surface area (Å²) in [5.41, 5.74) is 9.90. The van der Waals surface area contributed by atoms with Crippen LogP contribution in [-0.2, 0) is 13.1 Å². The van der Waals surface area contributed by atoms with Gasteiger partial charge in [0, 0.05) is 67.9 Å². The van der Waals surface area contributed by atoms with Gasteiger partial charge in [0.05, 0.1) is 23.9 Å². The van der Waals surface area contributed by atoms with Gasteiger partial charge in [-0.05, 0) is 80.0 Å². The lowest BCUT2D eigenvalue weighted by molar-refractivity contribution is 0.0465. The van der Waals surface area contributed by atoms with Crippen LogP contribution >= 0.6 is 0 Å². The summed E-state index contributed by atoms with van der Waals surface area (Å²) in [5.74, 6) is -0.593. The molecule has 10 nitrogen and oxygen atoms in total. The molecule has 2 aromatic carbocycles. The minimum Gasteiger partial charge on any atom is -0.494 e. The predicted octanol–water partition coefficient (Wildman–Crippen LogP) is 5.08. The highest BCUT2D eigenvalue weighted by Crippen LogP contribution is 2.41. The van der Waals surface area contributed by atoms with Crippen LogP contribution in [0.1, 0.15) is 46.4 Å². The van der Waals surface area contributed by atoms with E-state index in [1.54, 1.807) is 19.4 Å². The van der Waals surface area contributed by atoms with Gasteiger partial charge in [0.2, 0.25) is 0 Å². The number of rotatable bonds is 8. The number of imidazole rings is 1. The summed E-state index contributed by atoms with van der Waals surface area (Å²) in [6.07, 6.45) is 6.11. The fourth-order valence-electron chi connectivity index (χ4n) is 8.29. The highest BCUT2D eigenvalue weighted by molar-refractivity contribution is 6.00. The summed E-state index contributed by atoms with van der Waals surface area (Å²) in [6, 6.07) is 13.5. The summed E-state index contributed by atoms with van der Waals surface area (Å²) in [4.78, 5) is 40.4. The van der Waals surface area contributed by atoms with Gasteiger partial charge in [0.1, 0.15) is 16.9 Å². The Morgan fingerprint density at radius 1 is 0.939 bits per heavy atom. The first kappa shape index (κ1) is 30.2. The highest BCUT2D eigenvalue weighted by atomic mass is 19.2. The second-order valence-corrected chi connectivity index (χ2v) is 14.2. The molecule has 2 saturated carbocycles. The molecule has 4 fully saturated rings. The van der Waals surface area contributed by atoms with E-state index in [-0.39, 0.29) is 29.5 Å². The Kier molecular flexibility index (Phi) is 7.01. The normalized spacial score (nSPS) is 22.0. The number of benzene rings is 2. The monoisotopic (exact) mass is 665 g/mol. The molecule has 12 heteroatoms. The summed E-state index contributed by atoms with van der Waals surface area (Å²) < 4.78 is 38.7. The van der Waals surface area contributed by atoms with Crippen molar-refractivity contribution in [1.82, 2.24) is 28.9 Å². The van der Waals surface area contributed by atoms with Gasteiger partial charge in [-0.15, -0.1) is 0 Å². The van der Waals surface area contributed by atoms with E-state index in [9.17, 15) is 18.4 Å². The lowest BCUT2D eigenvalue weighted by Gasteiger charge is -2.40. The van der Waals surface area contributed by atoms with Crippen LogP contribution in [0.5, 0.6) is 5.75 Å². The van der Waals surface area contributed by atoms with Crippen LogP contribution in [0.15, 0.2) is 54.7 Å². The van der Waals surface area contributed by atoms with E-state index in [0.717, 1.165) is 53.5 Å². The number of likely N-dealkylation sites (tertiary alicyclic amines) is 2. The topological polar surface area (TPSA) is 112 Å². The Morgan fingerprint density at radius 3 is 2.49 bits per heavy atom. The molecule has 2 aliphatic heterocycles. The number of nitrogens with zero attached hydrogens (tertiary/aromatic N) is 6. The maximum Gasteiger partial charge on any atom is 0.256 e. The summed E-state index contributed by atoms with van der Waals surface area (Å²) in [7, 11) is 1.60. The molecule has 2 aliphatic carbocycles. The molecule has 9 rings (SSSR count). The van der Waals surface area contributed by atoms with Gasteiger partial charge >= 0.3 is 0 Å². The maximum atomic E-state index is 14.5. The van der Waals surface area contributed by atoms with Crippen LogP contribution in [0.3, 0.4) is 0 Å². The van der Waals surface area contributed by atoms with Crippen LogP contribution in [-0.4, -0.2) is 79.5 Å². The Balaban J connectivity index is 1.11. The number of carbonyl (C=O) groups excluding carboxylic acids is 2. The molecule has 2 amide bonds. The summed E-state index contributed by atoms with van der Waals surface area (Å²) >= 11 is 0. The zero-order valence-corrected chi connectivity index (χ0v) is 27.2. The Labute approximate surface area is 281 Å². The number of methoxy groups -OCH3 is 1. The average Bonchev–Trinajstić information content (AvgIpc) is 3.45. The van der Waals surface area contributed by atoms with Crippen LogP contribution in [0, 0.1) is 29.4 Å². The van der Waals surface area contributed by atoms with Crippen molar-refractivity contribution in [2.45, 2.75) is 50.9 Å². The number of carbonyl (C=O) groups is 2. The smallest absolute Gasteiger partial charge is 0.256 e. The standard InChI is InChI=1S/C37H37F2N7O3/c1-49-30-14-24(36(47)45-19-23-9-10-28(45)32(23)40)12-27-33(30)46(18-21-15-43(16-21)37(48)25-5-2-6-26(38)31(25)39)35(42-27)29-13-22-4-3-11-41-34(22)44(29)17-20-7-8-20/h2-6,11-14,20-21,23,28,32H,7-10,15-19,40H2,1H3/t23?,28?,32-/m1/s1. The third-order valence-electron chi connectivity index (χ3n) is 11.1. The first-order valence-corrected chi connectivity index (χ1v) is 17.1. The quantitative estimate of drug-likeness (QED) is 0.248. The SMILES string of the molecule is COc1cc(C(=O)N2CC3CCC2[C@@H]3N)cc2nc(-c3cc4cccnc4n3CC3CC3)n(CC3CN(C(=O)c4cccc(F)c4F)C3)c12. The highest BCUT2D eigenvalue weighted by Gasteiger charge is 2.47. The average molecular weight is 666 g/mol. The zero-order valence-electron chi connectivity index (χ0n) is 27.2. The van der Waals surface area contributed by atoms with Gasteiger partial charge in [-0.2, -0.15) is 0 Å². The number of pyridine rings is 1. The van der Waals surface area contributed by atoms with Crippen molar-refractivity contribution >= 4 is 33.9 Å². The number of piperidine rings is 1. The van der Waals surface area contributed by atoms with Crippen molar-refractivity contribution in [3.63, 3.8) is 0 Å². The third kappa shape index (κ3) is 4.90. The van der Waals surface area contributed by atoms with E-state index in [1.165, 1.54) is 29.9 Å². The summed E-state index contributed by atoms with van der Waals surface area (Å²) in [6.45, 7) is 2.72. The molecule has 252 valence electrons. The molecule has 4 aliphatic rings. The molecule has 5 aromatic rings. The van der Waals surface area contributed by atoms with Crippen LogP contribution < -0.4 is 10.5 Å².